The van der Waals surface area contributed by atoms with Crippen molar-refractivity contribution in [3.8, 4) is 27.7 Å². The predicted octanol–water partition coefficient (Wildman–Crippen LogP) is 6.85. The van der Waals surface area contributed by atoms with E-state index in [1.807, 2.05) is 44.3 Å². The van der Waals surface area contributed by atoms with Crippen LogP contribution >= 0.6 is 11.3 Å². The summed E-state index contributed by atoms with van der Waals surface area (Å²) in [6, 6.07) is 14.3. The van der Waals surface area contributed by atoms with Crippen LogP contribution in [0.3, 0.4) is 0 Å². The summed E-state index contributed by atoms with van der Waals surface area (Å²) < 4.78 is 7.55. The molecular weight excluding hydrogens is 492 g/mol. The Hall–Kier alpha value is -3.45. The van der Waals surface area contributed by atoms with Gasteiger partial charge in [0.25, 0.3) is 5.91 Å². The smallest absolute Gasteiger partial charge is 0.253 e. The summed E-state index contributed by atoms with van der Waals surface area (Å²) in [6.45, 7) is 5.54. The molecule has 7 heteroatoms. The third-order valence-electron chi connectivity index (χ3n) is 7.60. The number of carbonyl (C=O) groups is 1. The molecule has 0 atom stereocenters. The molecule has 5 rings (SSSR count). The number of aryl methyl sites for hydroxylation is 2. The van der Waals surface area contributed by atoms with E-state index in [4.69, 9.17) is 9.72 Å². The molecule has 0 bridgehead atoms. The number of pyridine rings is 1. The highest BCUT2D eigenvalue weighted by Gasteiger charge is 2.22. The molecule has 1 saturated carbocycles. The van der Waals surface area contributed by atoms with Crippen molar-refractivity contribution in [1.82, 2.24) is 19.9 Å². The highest BCUT2D eigenvalue weighted by molar-refractivity contribution is 7.13. The summed E-state index contributed by atoms with van der Waals surface area (Å²) in [7, 11) is 1.68. The maximum Gasteiger partial charge on any atom is 0.253 e. The molecule has 0 aliphatic heterocycles. The van der Waals surface area contributed by atoms with Crippen LogP contribution in [0.1, 0.15) is 59.4 Å². The number of carbonyl (C=O) groups excluding carboxylic acids is 1. The Morgan fingerprint density at radius 2 is 1.89 bits per heavy atom. The molecule has 0 saturated heterocycles. The van der Waals surface area contributed by atoms with Gasteiger partial charge in [-0.25, -0.2) is 4.98 Å². The number of thiazole rings is 1. The van der Waals surface area contributed by atoms with Crippen molar-refractivity contribution in [2.24, 2.45) is 5.92 Å². The third kappa shape index (κ3) is 5.99. The van der Waals surface area contributed by atoms with Crippen molar-refractivity contribution in [3.63, 3.8) is 0 Å². The van der Waals surface area contributed by atoms with Gasteiger partial charge in [0.1, 0.15) is 10.8 Å². The van der Waals surface area contributed by atoms with E-state index in [-0.39, 0.29) is 5.91 Å². The van der Waals surface area contributed by atoms with E-state index < -0.39 is 0 Å². The van der Waals surface area contributed by atoms with Crippen LogP contribution in [0.5, 0.6) is 5.75 Å². The first-order chi connectivity index (χ1) is 18.5. The van der Waals surface area contributed by atoms with Crippen LogP contribution in [0.2, 0.25) is 0 Å². The van der Waals surface area contributed by atoms with Gasteiger partial charge in [-0.05, 0) is 74.9 Å². The van der Waals surface area contributed by atoms with E-state index in [0.717, 1.165) is 64.2 Å². The molecule has 4 aromatic rings. The summed E-state index contributed by atoms with van der Waals surface area (Å²) in [4.78, 5) is 22.7. The molecule has 1 N–H and O–H groups in total. The number of hydrogen-bond acceptors (Lipinski definition) is 5. The Labute approximate surface area is 229 Å². The van der Waals surface area contributed by atoms with Crippen LogP contribution in [0, 0.1) is 19.8 Å². The monoisotopic (exact) mass is 528 g/mol. The standard InChI is InChI=1S/C31H36N4O2S/c1-21-9-12-25(19-32-21)31-34-28(20-38-31)29-17-27(30(36)33-18-24-7-5-4-6-8-24)22(2)35(29)16-15-23-10-13-26(37-3)14-11-23/h9-14,17,19-20,24H,4-8,15-16,18H2,1-3H3,(H,33,36). The largest absolute Gasteiger partial charge is 0.497 e. The van der Waals surface area contributed by atoms with Crippen molar-refractivity contribution in [2.45, 2.75) is 58.9 Å². The van der Waals surface area contributed by atoms with E-state index in [1.165, 1.54) is 37.7 Å². The Bertz CT molecular complexity index is 1370. The molecule has 198 valence electrons. The molecule has 3 heterocycles. The van der Waals surface area contributed by atoms with Crippen LogP contribution < -0.4 is 10.1 Å². The van der Waals surface area contributed by atoms with Gasteiger partial charge in [0, 0.05) is 41.6 Å². The number of amides is 1. The molecule has 1 aromatic carbocycles. The van der Waals surface area contributed by atoms with Gasteiger partial charge in [0.2, 0.25) is 0 Å². The van der Waals surface area contributed by atoms with Gasteiger partial charge in [-0.15, -0.1) is 11.3 Å². The molecule has 1 fully saturated rings. The number of ether oxygens (including phenoxy) is 1. The zero-order valence-corrected chi connectivity index (χ0v) is 23.3. The Morgan fingerprint density at radius 1 is 1.11 bits per heavy atom. The van der Waals surface area contributed by atoms with Crippen LogP contribution in [0.4, 0.5) is 0 Å². The van der Waals surface area contributed by atoms with E-state index in [9.17, 15) is 4.79 Å². The minimum absolute atomic E-state index is 0.00992. The Morgan fingerprint density at radius 3 is 2.61 bits per heavy atom. The van der Waals surface area contributed by atoms with Crippen molar-refractivity contribution in [3.05, 3.63) is 76.6 Å². The summed E-state index contributed by atoms with van der Waals surface area (Å²) in [6.07, 6.45) is 9.00. The number of methoxy groups -OCH3 is 1. The van der Waals surface area contributed by atoms with Crippen molar-refractivity contribution >= 4 is 17.2 Å². The lowest BCUT2D eigenvalue weighted by Gasteiger charge is -2.21. The van der Waals surface area contributed by atoms with E-state index >= 15 is 0 Å². The minimum atomic E-state index is 0.00992. The lowest BCUT2D eigenvalue weighted by Crippen LogP contribution is -2.30. The first-order valence-electron chi connectivity index (χ1n) is 13.5. The zero-order valence-electron chi connectivity index (χ0n) is 22.5. The van der Waals surface area contributed by atoms with Crippen LogP contribution in [0.25, 0.3) is 22.0 Å². The molecule has 1 amide bonds. The number of aromatic nitrogens is 3. The number of benzene rings is 1. The number of nitrogens with one attached hydrogen (secondary N) is 1. The van der Waals surface area contributed by atoms with Crippen LogP contribution in [-0.2, 0) is 13.0 Å². The highest BCUT2D eigenvalue weighted by Crippen LogP contribution is 2.32. The van der Waals surface area contributed by atoms with Crippen molar-refractivity contribution in [1.29, 1.82) is 0 Å². The van der Waals surface area contributed by atoms with Gasteiger partial charge in [-0.3, -0.25) is 9.78 Å². The maximum absolute atomic E-state index is 13.3. The lowest BCUT2D eigenvalue weighted by molar-refractivity contribution is 0.0943. The van der Waals surface area contributed by atoms with Crippen molar-refractivity contribution < 1.29 is 9.53 Å². The molecule has 0 radical (unpaired) electrons. The van der Waals surface area contributed by atoms with Gasteiger partial charge in [0.15, 0.2) is 0 Å². The summed E-state index contributed by atoms with van der Waals surface area (Å²) >= 11 is 1.60. The van der Waals surface area contributed by atoms with Crippen molar-refractivity contribution in [2.75, 3.05) is 13.7 Å². The fourth-order valence-electron chi connectivity index (χ4n) is 5.25. The topological polar surface area (TPSA) is 69.0 Å². The third-order valence-corrected chi connectivity index (χ3v) is 8.49. The van der Waals surface area contributed by atoms with Gasteiger partial charge < -0.3 is 14.6 Å². The predicted molar refractivity (Wildman–Crippen MR) is 154 cm³/mol. The molecule has 0 unspecified atom stereocenters. The fourth-order valence-corrected chi connectivity index (χ4v) is 6.05. The van der Waals surface area contributed by atoms with Crippen LogP contribution in [-0.4, -0.2) is 34.1 Å². The second-order valence-corrected chi connectivity index (χ2v) is 11.1. The van der Waals surface area contributed by atoms with Gasteiger partial charge in [-0.2, -0.15) is 0 Å². The van der Waals surface area contributed by atoms with E-state index in [2.05, 4.69) is 38.4 Å². The average Bonchev–Trinajstić information content (AvgIpc) is 3.57. The first-order valence-corrected chi connectivity index (χ1v) is 14.4. The summed E-state index contributed by atoms with van der Waals surface area (Å²) in [5, 5.41) is 6.24. The van der Waals surface area contributed by atoms with E-state index in [0.29, 0.717) is 5.92 Å². The Kier molecular flexibility index (Phi) is 8.23. The highest BCUT2D eigenvalue weighted by atomic mass is 32.1. The number of rotatable bonds is 9. The van der Waals surface area contributed by atoms with Gasteiger partial charge >= 0.3 is 0 Å². The minimum Gasteiger partial charge on any atom is -0.497 e. The Balaban J connectivity index is 1.41. The zero-order chi connectivity index (χ0) is 26.5. The fraction of sp³-hybridized carbons (Fsp3) is 0.387. The number of nitrogens with zero attached hydrogens (tertiary/aromatic N) is 3. The molecule has 0 spiro atoms. The van der Waals surface area contributed by atoms with Gasteiger partial charge in [-0.1, -0.05) is 31.4 Å². The molecule has 1 aliphatic carbocycles. The SMILES string of the molecule is COc1ccc(CCn2c(-c3csc(-c4ccc(C)nc4)n3)cc(C(=O)NCC3CCCCC3)c2C)cc1. The average molecular weight is 529 g/mol. The quantitative estimate of drug-likeness (QED) is 0.258. The second-order valence-electron chi connectivity index (χ2n) is 10.2. The number of hydrogen-bond donors (Lipinski definition) is 1. The maximum atomic E-state index is 13.3. The lowest BCUT2D eigenvalue weighted by atomic mass is 9.89. The summed E-state index contributed by atoms with van der Waals surface area (Å²) in [5.41, 5.74) is 6.77. The van der Waals surface area contributed by atoms with E-state index in [1.54, 1.807) is 18.4 Å². The molecule has 1 aliphatic rings. The molecule has 6 nitrogen and oxygen atoms in total. The normalized spacial score (nSPS) is 14.0. The second kappa shape index (κ2) is 11.9. The molecule has 3 aromatic heterocycles. The van der Waals surface area contributed by atoms with Gasteiger partial charge in [0.05, 0.1) is 24.1 Å². The van der Waals surface area contributed by atoms with Crippen LogP contribution in [0.15, 0.2) is 54.0 Å². The summed E-state index contributed by atoms with van der Waals surface area (Å²) in [5.74, 6) is 1.45. The first kappa shape index (κ1) is 26.2. The molecular formula is C31H36N4O2S. The molecule has 38 heavy (non-hydrogen) atoms.